The van der Waals surface area contributed by atoms with Gasteiger partial charge in [-0.15, -0.1) is 0 Å². The molecule has 0 radical (unpaired) electrons. The Morgan fingerprint density at radius 1 is 1.21 bits per heavy atom. The Labute approximate surface area is 172 Å². The van der Waals surface area contributed by atoms with Gasteiger partial charge in [0.1, 0.15) is 5.82 Å². The van der Waals surface area contributed by atoms with Crippen molar-refractivity contribution < 1.29 is 9.53 Å². The molecule has 2 heterocycles. The number of benzene rings is 1. The Balaban J connectivity index is 1.73. The number of hydrogen-bond donors (Lipinski definition) is 2. The minimum Gasteiger partial charge on any atom is -0.450 e. The average molecular weight is 398 g/mol. The number of nitrogens with one attached hydrogen (secondary N) is 2. The average Bonchev–Trinajstić information content (AvgIpc) is 2.75. The molecule has 0 aliphatic carbocycles. The van der Waals surface area contributed by atoms with Crippen molar-refractivity contribution in [2.75, 3.05) is 30.3 Å². The van der Waals surface area contributed by atoms with E-state index in [2.05, 4.69) is 41.6 Å². The van der Waals surface area contributed by atoms with Gasteiger partial charge in [-0.1, -0.05) is 37.3 Å². The normalized spacial score (nSPS) is 15.6. The number of ether oxygens (including phenoxy) is 1. The molecule has 1 saturated heterocycles. The zero-order chi connectivity index (χ0) is 20.6. The lowest BCUT2D eigenvalue weighted by Crippen LogP contribution is -2.42. The van der Waals surface area contributed by atoms with Crippen molar-refractivity contribution in [3.8, 4) is 11.3 Å². The first-order valence-electron chi connectivity index (χ1n) is 10.5. The molecule has 3 rings (SSSR count). The Kier molecular flexibility index (Phi) is 7.27. The van der Waals surface area contributed by atoms with E-state index < -0.39 is 0 Å². The highest BCUT2D eigenvalue weighted by atomic mass is 16.6. The molecule has 1 fully saturated rings. The third-order valence-electron chi connectivity index (χ3n) is 5.16. The maximum absolute atomic E-state index is 11.9. The maximum Gasteiger partial charge on any atom is 0.409 e. The minimum absolute atomic E-state index is 0.225. The first kappa shape index (κ1) is 20.9. The van der Waals surface area contributed by atoms with Gasteiger partial charge >= 0.3 is 6.09 Å². The molecule has 7 heteroatoms. The first-order valence-corrected chi connectivity index (χ1v) is 10.5. The molecule has 1 unspecified atom stereocenters. The molecule has 1 aliphatic rings. The van der Waals surface area contributed by atoms with Crippen molar-refractivity contribution in [3.05, 3.63) is 36.4 Å². The van der Waals surface area contributed by atoms with Gasteiger partial charge < -0.3 is 20.3 Å². The zero-order valence-corrected chi connectivity index (χ0v) is 17.5. The van der Waals surface area contributed by atoms with E-state index in [1.807, 2.05) is 31.2 Å². The van der Waals surface area contributed by atoms with Gasteiger partial charge in [0, 0.05) is 36.8 Å². The molecule has 1 aliphatic heterocycles. The van der Waals surface area contributed by atoms with Crippen LogP contribution in [-0.2, 0) is 4.74 Å². The molecule has 1 aromatic carbocycles. The van der Waals surface area contributed by atoms with Crippen LogP contribution in [0.1, 0.15) is 40.0 Å². The SMILES string of the molecule is CCOC(=O)N1CCC(Nc2nc(NC(C)CC)cc(-c3ccccc3)n2)CC1. The van der Waals surface area contributed by atoms with E-state index >= 15 is 0 Å². The van der Waals surface area contributed by atoms with E-state index in [4.69, 9.17) is 9.72 Å². The van der Waals surface area contributed by atoms with Crippen LogP contribution in [0.2, 0.25) is 0 Å². The van der Waals surface area contributed by atoms with Gasteiger partial charge in [0.15, 0.2) is 0 Å². The molecule has 0 bridgehead atoms. The minimum atomic E-state index is -0.228. The number of hydrogen-bond acceptors (Lipinski definition) is 6. The summed E-state index contributed by atoms with van der Waals surface area (Å²) in [6, 6.07) is 12.7. The third-order valence-corrected chi connectivity index (χ3v) is 5.16. The molecule has 1 amide bonds. The van der Waals surface area contributed by atoms with Gasteiger partial charge in [0.25, 0.3) is 0 Å². The highest BCUT2D eigenvalue weighted by Gasteiger charge is 2.24. The number of anilines is 2. The molecular weight excluding hydrogens is 366 g/mol. The van der Waals surface area contributed by atoms with Gasteiger partial charge in [0.2, 0.25) is 5.95 Å². The Morgan fingerprint density at radius 2 is 1.93 bits per heavy atom. The van der Waals surface area contributed by atoms with Crippen molar-refractivity contribution in [1.82, 2.24) is 14.9 Å². The largest absolute Gasteiger partial charge is 0.450 e. The Hall–Kier alpha value is -2.83. The maximum atomic E-state index is 11.9. The monoisotopic (exact) mass is 397 g/mol. The van der Waals surface area contributed by atoms with Crippen LogP contribution in [0.4, 0.5) is 16.6 Å². The van der Waals surface area contributed by atoms with E-state index in [-0.39, 0.29) is 12.1 Å². The highest BCUT2D eigenvalue weighted by molar-refractivity contribution is 5.67. The fourth-order valence-corrected chi connectivity index (χ4v) is 3.30. The van der Waals surface area contributed by atoms with Crippen LogP contribution in [0.5, 0.6) is 0 Å². The Morgan fingerprint density at radius 3 is 2.59 bits per heavy atom. The predicted molar refractivity (Wildman–Crippen MR) is 116 cm³/mol. The summed E-state index contributed by atoms with van der Waals surface area (Å²) >= 11 is 0. The number of piperidine rings is 1. The van der Waals surface area contributed by atoms with Crippen LogP contribution in [-0.4, -0.2) is 52.7 Å². The van der Waals surface area contributed by atoms with Gasteiger partial charge in [-0.3, -0.25) is 0 Å². The van der Waals surface area contributed by atoms with Crippen LogP contribution in [0.15, 0.2) is 36.4 Å². The predicted octanol–water partition coefficient (Wildman–Crippen LogP) is 4.39. The number of amides is 1. The summed E-state index contributed by atoms with van der Waals surface area (Å²) in [7, 11) is 0. The van der Waals surface area contributed by atoms with Crippen molar-refractivity contribution >= 4 is 17.9 Å². The van der Waals surface area contributed by atoms with Crippen LogP contribution in [0, 0.1) is 0 Å². The quantitative estimate of drug-likeness (QED) is 0.721. The lowest BCUT2D eigenvalue weighted by molar-refractivity contribution is 0.0983. The van der Waals surface area contributed by atoms with E-state index in [0.29, 0.717) is 31.7 Å². The molecule has 156 valence electrons. The second-order valence-electron chi connectivity index (χ2n) is 7.39. The van der Waals surface area contributed by atoms with Crippen LogP contribution >= 0.6 is 0 Å². The second-order valence-corrected chi connectivity index (χ2v) is 7.39. The van der Waals surface area contributed by atoms with Crippen molar-refractivity contribution in [2.45, 2.75) is 52.1 Å². The summed E-state index contributed by atoms with van der Waals surface area (Å²) in [4.78, 5) is 23.1. The molecule has 29 heavy (non-hydrogen) atoms. The molecule has 1 atom stereocenters. The van der Waals surface area contributed by atoms with Crippen molar-refractivity contribution in [2.24, 2.45) is 0 Å². The summed E-state index contributed by atoms with van der Waals surface area (Å²) in [6.07, 6.45) is 2.46. The summed E-state index contributed by atoms with van der Waals surface area (Å²) in [5.41, 5.74) is 1.94. The molecule has 1 aromatic heterocycles. The van der Waals surface area contributed by atoms with Gasteiger partial charge in [-0.2, -0.15) is 4.98 Å². The number of aromatic nitrogens is 2. The highest BCUT2D eigenvalue weighted by Crippen LogP contribution is 2.23. The fourth-order valence-electron chi connectivity index (χ4n) is 3.30. The van der Waals surface area contributed by atoms with E-state index in [9.17, 15) is 4.79 Å². The number of likely N-dealkylation sites (tertiary alicyclic amines) is 1. The van der Waals surface area contributed by atoms with E-state index in [1.165, 1.54) is 0 Å². The Bertz CT molecular complexity index is 791. The molecule has 2 aromatic rings. The standard InChI is InChI=1S/C22H31N5O2/c1-4-16(3)23-20-15-19(17-9-7-6-8-10-17)25-21(26-20)24-18-11-13-27(14-12-18)22(28)29-5-2/h6-10,15-16,18H,4-5,11-14H2,1-3H3,(H2,23,24,25,26). The zero-order valence-electron chi connectivity index (χ0n) is 17.5. The molecule has 2 N–H and O–H groups in total. The fraction of sp³-hybridized carbons (Fsp3) is 0.500. The second kappa shape index (κ2) is 10.1. The number of carbonyl (C=O) groups excluding carboxylic acids is 1. The van der Waals surface area contributed by atoms with Crippen LogP contribution < -0.4 is 10.6 Å². The van der Waals surface area contributed by atoms with E-state index in [1.54, 1.807) is 4.90 Å². The van der Waals surface area contributed by atoms with Crippen LogP contribution in [0.25, 0.3) is 11.3 Å². The summed E-state index contributed by atoms with van der Waals surface area (Å²) in [5, 5.41) is 6.93. The van der Waals surface area contributed by atoms with Crippen molar-refractivity contribution in [1.29, 1.82) is 0 Å². The number of rotatable bonds is 7. The topological polar surface area (TPSA) is 79.4 Å². The number of nitrogens with zero attached hydrogens (tertiary/aromatic N) is 3. The third kappa shape index (κ3) is 5.82. The van der Waals surface area contributed by atoms with Gasteiger partial charge in [0.05, 0.1) is 12.3 Å². The smallest absolute Gasteiger partial charge is 0.409 e. The number of carbonyl (C=O) groups is 1. The van der Waals surface area contributed by atoms with Crippen LogP contribution in [0.3, 0.4) is 0 Å². The van der Waals surface area contributed by atoms with Crippen molar-refractivity contribution in [3.63, 3.8) is 0 Å². The lowest BCUT2D eigenvalue weighted by Gasteiger charge is -2.31. The first-order chi connectivity index (χ1) is 14.1. The van der Waals surface area contributed by atoms with Gasteiger partial charge in [-0.05, 0) is 33.1 Å². The van der Waals surface area contributed by atoms with E-state index in [0.717, 1.165) is 36.3 Å². The molecule has 0 saturated carbocycles. The van der Waals surface area contributed by atoms with Gasteiger partial charge in [-0.25, -0.2) is 9.78 Å². The molecule has 7 nitrogen and oxygen atoms in total. The molecular formula is C22H31N5O2. The molecule has 0 spiro atoms. The lowest BCUT2D eigenvalue weighted by atomic mass is 10.1. The summed E-state index contributed by atoms with van der Waals surface area (Å²) < 4.78 is 5.10. The summed E-state index contributed by atoms with van der Waals surface area (Å²) in [5.74, 6) is 1.44. The summed E-state index contributed by atoms with van der Waals surface area (Å²) in [6.45, 7) is 7.87.